The van der Waals surface area contributed by atoms with Crippen molar-refractivity contribution in [2.24, 2.45) is 0 Å². The molecule has 1 saturated heterocycles. The lowest BCUT2D eigenvalue weighted by atomic mass is 10.0. The van der Waals surface area contributed by atoms with Gasteiger partial charge < -0.3 is 10.2 Å². The van der Waals surface area contributed by atoms with Crippen molar-refractivity contribution < 1.29 is 4.42 Å². The van der Waals surface area contributed by atoms with Gasteiger partial charge in [0.2, 0.25) is 11.8 Å². The van der Waals surface area contributed by atoms with Crippen LogP contribution in [0.3, 0.4) is 0 Å². The number of furan rings is 1. The summed E-state index contributed by atoms with van der Waals surface area (Å²) in [6.45, 7) is 3.23. The Morgan fingerprint density at radius 2 is 1.86 bits per heavy atom. The third-order valence-corrected chi connectivity index (χ3v) is 5.23. The van der Waals surface area contributed by atoms with Crippen LogP contribution in [-0.4, -0.2) is 37.6 Å². The summed E-state index contributed by atoms with van der Waals surface area (Å²) in [5, 5.41) is 4.42. The fourth-order valence-corrected chi connectivity index (χ4v) is 3.83. The van der Waals surface area contributed by atoms with Crippen LogP contribution in [0.1, 0.15) is 24.8 Å². The molecule has 7 nitrogen and oxygen atoms in total. The summed E-state index contributed by atoms with van der Waals surface area (Å²) in [4.78, 5) is 11.7. The van der Waals surface area contributed by atoms with Crippen LogP contribution in [0.5, 0.6) is 0 Å². The third kappa shape index (κ3) is 3.14. The number of piperidine rings is 1. The number of anilines is 1. The van der Waals surface area contributed by atoms with E-state index in [0.29, 0.717) is 23.2 Å². The van der Waals surface area contributed by atoms with Gasteiger partial charge in [-0.25, -0.2) is 9.97 Å². The van der Waals surface area contributed by atoms with Gasteiger partial charge in [-0.3, -0.25) is 4.90 Å². The van der Waals surface area contributed by atoms with Crippen molar-refractivity contribution in [3.05, 3.63) is 54.3 Å². The lowest BCUT2D eigenvalue weighted by molar-refractivity contribution is 0.221. The van der Waals surface area contributed by atoms with E-state index < -0.39 is 0 Å². The summed E-state index contributed by atoms with van der Waals surface area (Å²) >= 11 is 0. The highest BCUT2D eigenvalue weighted by molar-refractivity contribution is 5.69. The Bertz CT molecular complexity index is 1100. The average Bonchev–Trinajstić information content (AvgIpc) is 3.39. The maximum absolute atomic E-state index is 6.20. The van der Waals surface area contributed by atoms with Crippen LogP contribution >= 0.6 is 0 Å². The molecule has 0 aliphatic carbocycles. The summed E-state index contributed by atoms with van der Waals surface area (Å²) in [5.74, 6) is 1.41. The van der Waals surface area contributed by atoms with Crippen molar-refractivity contribution in [1.82, 2.24) is 24.5 Å². The third-order valence-electron chi connectivity index (χ3n) is 5.23. The number of fused-ring (bicyclic) bond motifs is 1. The number of benzene rings is 1. The maximum Gasteiger partial charge on any atom is 0.223 e. The quantitative estimate of drug-likeness (QED) is 0.587. The van der Waals surface area contributed by atoms with E-state index in [0.717, 1.165) is 30.9 Å². The van der Waals surface area contributed by atoms with Crippen LogP contribution in [0.2, 0.25) is 0 Å². The maximum atomic E-state index is 6.20. The summed E-state index contributed by atoms with van der Waals surface area (Å²) in [7, 11) is 0. The van der Waals surface area contributed by atoms with E-state index in [2.05, 4.69) is 38.2 Å². The van der Waals surface area contributed by atoms with Crippen LogP contribution in [0.4, 0.5) is 5.95 Å². The number of nitrogen functional groups attached to an aromatic ring is 1. The number of aromatic nitrogens is 4. The Kier molecular flexibility index (Phi) is 4.29. The number of nitrogens with zero attached hydrogens (tertiary/aromatic N) is 5. The minimum absolute atomic E-state index is 0.311. The molecule has 1 aliphatic heterocycles. The highest BCUT2D eigenvalue weighted by atomic mass is 16.3. The van der Waals surface area contributed by atoms with Gasteiger partial charge in [-0.1, -0.05) is 30.7 Å². The van der Waals surface area contributed by atoms with Crippen molar-refractivity contribution in [3.8, 4) is 22.8 Å². The van der Waals surface area contributed by atoms with E-state index in [1.54, 1.807) is 10.8 Å². The zero-order valence-electron chi connectivity index (χ0n) is 15.6. The minimum atomic E-state index is 0.311. The molecule has 0 unspecified atom stereocenters. The normalized spacial score (nSPS) is 15.3. The molecule has 0 amide bonds. The predicted octanol–water partition coefficient (Wildman–Crippen LogP) is 3.62. The molecule has 1 aromatic carbocycles. The molecule has 1 aliphatic rings. The Morgan fingerprint density at radius 1 is 1.00 bits per heavy atom. The van der Waals surface area contributed by atoms with Crippen molar-refractivity contribution in [2.45, 2.75) is 25.8 Å². The molecule has 3 aromatic heterocycles. The molecular formula is C21H22N6O. The van der Waals surface area contributed by atoms with Gasteiger partial charge in [0.15, 0.2) is 11.4 Å². The van der Waals surface area contributed by atoms with Crippen LogP contribution in [0, 0.1) is 0 Å². The summed E-state index contributed by atoms with van der Waals surface area (Å²) < 4.78 is 6.95. The van der Waals surface area contributed by atoms with E-state index >= 15 is 0 Å². The van der Waals surface area contributed by atoms with Crippen molar-refractivity contribution in [3.63, 3.8) is 0 Å². The molecule has 2 N–H and O–H groups in total. The number of hydrogen-bond acceptors (Lipinski definition) is 6. The SMILES string of the molecule is Nc1nc(-c2ccccc2CN2CCCCC2)cc2nc(-c3ccco3)nn12. The summed E-state index contributed by atoms with van der Waals surface area (Å²) in [6.07, 6.45) is 5.48. The van der Waals surface area contributed by atoms with Gasteiger partial charge in [-0.2, -0.15) is 4.52 Å². The molecule has 7 heteroatoms. The first-order chi connectivity index (χ1) is 13.8. The first-order valence-corrected chi connectivity index (χ1v) is 9.66. The Labute approximate surface area is 162 Å². The molecule has 4 aromatic rings. The zero-order valence-corrected chi connectivity index (χ0v) is 15.6. The standard InChI is InChI=1S/C21H22N6O/c22-21-23-17(13-19-24-20(25-27(19)21)18-9-6-12-28-18)16-8-3-2-7-15(16)14-26-10-4-1-5-11-26/h2-3,6-9,12-13H,1,4-5,10-11,14H2,(H2,22,23). The Balaban J connectivity index is 1.54. The van der Waals surface area contributed by atoms with Gasteiger partial charge in [0.25, 0.3) is 0 Å². The summed E-state index contributed by atoms with van der Waals surface area (Å²) in [6, 6.07) is 14.0. The van der Waals surface area contributed by atoms with Gasteiger partial charge in [0, 0.05) is 18.2 Å². The van der Waals surface area contributed by atoms with Crippen LogP contribution < -0.4 is 5.73 Å². The van der Waals surface area contributed by atoms with Gasteiger partial charge >= 0.3 is 0 Å². The second kappa shape index (κ2) is 7.09. The van der Waals surface area contributed by atoms with Crippen LogP contribution in [0.15, 0.2) is 53.1 Å². The Hall–Kier alpha value is -3.19. The minimum Gasteiger partial charge on any atom is -0.461 e. The molecule has 0 spiro atoms. The van der Waals surface area contributed by atoms with Crippen LogP contribution in [-0.2, 0) is 6.54 Å². The van der Waals surface area contributed by atoms with E-state index in [-0.39, 0.29) is 0 Å². The van der Waals surface area contributed by atoms with Crippen LogP contribution in [0.25, 0.3) is 28.5 Å². The van der Waals surface area contributed by atoms with Crippen molar-refractivity contribution >= 4 is 11.6 Å². The lowest BCUT2D eigenvalue weighted by Gasteiger charge is -2.27. The fraction of sp³-hybridized carbons (Fsp3) is 0.286. The molecule has 1 fully saturated rings. The highest BCUT2D eigenvalue weighted by Crippen LogP contribution is 2.27. The monoisotopic (exact) mass is 374 g/mol. The first-order valence-electron chi connectivity index (χ1n) is 9.66. The van der Waals surface area contributed by atoms with Gasteiger partial charge in [-0.15, -0.1) is 5.10 Å². The zero-order chi connectivity index (χ0) is 18.9. The molecule has 4 heterocycles. The number of likely N-dealkylation sites (tertiary alicyclic amines) is 1. The fourth-order valence-electron chi connectivity index (χ4n) is 3.83. The first kappa shape index (κ1) is 16.9. The molecule has 5 rings (SSSR count). The van der Waals surface area contributed by atoms with E-state index in [1.165, 1.54) is 24.8 Å². The second-order valence-corrected chi connectivity index (χ2v) is 7.18. The average molecular weight is 374 g/mol. The van der Waals surface area contributed by atoms with E-state index in [4.69, 9.17) is 10.2 Å². The molecule has 0 radical (unpaired) electrons. The molecule has 142 valence electrons. The number of nitrogens with two attached hydrogens (primary N) is 1. The van der Waals surface area contributed by atoms with Gasteiger partial charge in [0.1, 0.15) is 0 Å². The topological polar surface area (TPSA) is 85.5 Å². The van der Waals surface area contributed by atoms with Gasteiger partial charge in [-0.05, 0) is 43.6 Å². The van der Waals surface area contributed by atoms with Crippen molar-refractivity contribution in [1.29, 1.82) is 0 Å². The molecule has 0 atom stereocenters. The Morgan fingerprint density at radius 3 is 2.68 bits per heavy atom. The lowest BCUT2D eigenvalue weighted by Crippen LogP contribution is -2.29. The smallest absolute Gasteiger partial charge is 0.223 e. The van der Waals surface area contributed by atoms with E-state index in [9.17, 15) is 0 Å². The number of rotatable bonds is 4. The largest absolute Gasteiger partial charge is 0.461 e. The summed E-state index contributed by atoms with van der Waals surface area (Å²) in [5.41, 5.74) is 10.0. The van der Waals surface area contributed by atoms with Crippen molar-refractivity contribution in [2.75, 3.05) is 18.8 Å². The highest BCUT2D eigenvalue weighted by Gasteiger charge is 2.17. The van der Waals surface area contributed by atoms with E-state index in [1.807, 2.05) is 24.3 Å². The number of hydrogen-bond donors (Lipinski definition) is 1. The molecule has 0 bridgehead atoms. The van der Waals surface area contributed by atoms with Gasteiger partial charge in [0.05, 0.1) is 12.0 Å². The molecule has 28 heavy (non-hydrogen) atoms. The predicted molar refractivity (Wildman–Crippen MR) is 107 cm³/mol. The molecule has 0 saturated carbocycles. The second-order valence-electron chi connectivity index (χ2n) is 7.18. The molecular weight excluding hydrogens is 352 g/mol.